The van der Waals surface area contributed by atoms with Gasteiger partial charge in [0.05, 0.1) is 12.3 Å². The quantitative estimate of drug-likeness (QED) is 0.849. The molecule has 0 saturated carbocycles. The molecule has 0 aliphatic rings. The van der Waals surface area contributed by atoms with Crippen molar-refractivity contribution in [2.75, 3.05) is 0 Å². The van der Waals surface area contributed by atoms with Crippen LogP contribution in [-0.4, -0.2) is 11.1 Å². The Balaban J connectivity index is 2.31. The van der Waals surface area contributed by atoms with E-state index in [1.165, 1.54) is 11.1 Å². The second kappa shape index (κ2) is 6.76. The molecule has 0 saturated heterocycles. The first-order valence-electron chi connectivity index (χ1n) is 6.92. The molecule has 0 heterocycles. The lowest BCUT2D eigenvalue weighted by atomic mass is 9.93. The second-order valence-corrected chi connectivity index (χ2v) is 4.98. The van der Waals surface area contributed by atoms with Gasteiger partial charge in [-0.3, -0.25) is 4.79 Å². The molecule has 0 fully saturated rings. The van der Waals surface area contributed by atoms with Crippen LogP contribution >= 0.6 is 0 Å². The van der Waals surface area contributed by atoms with E-state index in [0.717, 1.165) is 11.1 Å². The van der Waals surface area contributed by atoms with Crippen LogP contribution < -0.4 is 0 Å². The third-order valence-corrected chi connectivity index (χ3v) is 3.47. The molecule has 2 aromatic rings. The Hall–Kier alpha value is -2.53. The van der Waals surface area contributed by atoms with Gasteiger partial charge in [0.25, 0.3) is 0 Å². The molecule has 1 N–H and O–H groups in total. The molecule has 0 aliphatic heterocycles. The van der Waals surface area contributed by atoms with Gasteiger partial charge in [-0.1, -0.05) is 54.5 Å². The zero-order valence-corrected chi connectivity index (χ0v) is 12.3. The fourth-order valence-corrected chi connectivity index (χ4v) is 2.39. The highest BCUT2D eigenvalue weighted by molar-refractivity contribution is 5.70. The highest BCUT2D eigenvalue weighted by Crippen LogP contribution is 2.26. The lowest BCUT2D eigenvalue weighted by molar-refractivity contribution is -0.137. The number of benzene rings is 2. The summed E-state index contributed by atoms with van der Waals surface area (Å²) in [7, 11) is 0. The lowest BCUT2D eigenvalue weighted by Crippen LogP contribution is -2.04. The van der Waals surface area contributed by atoms with E-state index in [2.05, 4.69) is 30.9 Å². The summed E-state index contributed by atoms with van der Waals surface area (Å²) >= 11 is 0. The van der Waals surface area contributed by atoms with Crippen LogP contribution in [0.5, 0.6) is 0 Å². The van der Waals surface area contributed by atoms with E-state index in [1.54, 1.807) is 6.92 Å². The standard InChI is InChI=1S/C19H18O2/c1-3-6-17(13-19(20)21)15-9-11-16(12-10-15)18-8-5-4-7-14(18)2/h4-5,7-12,17H,13H2,1-2H3,(H,20,21). The molecule has 2 rings (SSSR count). The summed E-state index contributed by atoms with van der Waals surface area (Å²) in [6, 6.07) is 16.2. The van der Waals surface area contributed by atoms with Crippen molar-refractivity contribution in [3.63, 3.8) is 0 Å². The molecule has 0 aliphatic carbocycles. The Bertz CT molecular complexity index is 687. The third-order valence-electron chi connectivity index (χ3n) is 3.47. The van der Waals surface area contributed by atoms with E-state index in [9.17, 15) is 4.79 Å². The molecule has 106 valence electrons. The summed E-state index contributed by atoms with van der Waals surface area (Å²) in [5, 5.41) is 8.97. The van der Waals surface area contributed by atoms with Crippen LogP contribution in [-0.2, 0) is 4.79 Å². The summed E-state index contributed by atoms with van der Waals surface area (Å²) in [6.45, 7) is 3.82. The van der Waals surface area contributed by atoms with Crippen LogP contribution in [0.25, 0.3) is 11.1 Å². The van der Waals surface area contributed by atoms with Crippen LogP contribution in [0, 0.1) is 18.8 Å². The molecule has 2 aromatic carbocycles. The van der Waals surface area contributed by atoms with Gasteiger partial charge in [-0.15, -0.1) is 5.92 Å². The molecule has 0 aromatic heterocycles. The van der Waals surface area contributed by atoms with Gasteiger partial charge in [-0.2, -0.15) is 0 Å². The lowest BCUT2D eigenvalue weighted by Gasteiger charge is -2.11. The van der Waals surface area contributed by atoms with Crippen LogP contribution in [0.1, 0.15) is 30.4 Å². The van der Waals surface area contributed by atoms with Gasteiger partial charge in [0.1, 0.15) is 0 Å². The van der Waals surface area contributed by atoms with Gasteiger partial charge in [-0.25, -0.2) is 0 Å². The van der Waals surface area contributed by atoms with Crippen LogP contribution in [0.3, 0.4) is 0 Å². The topological polar surface area (TPSA) is 37.3 Å². The average molecular weight is 278 g/mol. The van der Waals surface area contributed by atoms with Gasteiger partial charge in [-0.05, 0) is 36.1 Å². The first-order chi connectivity index (χ1) is 10.1. The number of aryl methyl sites for hydroxylation is 1. The zero-order valence-electron chi connectivity index (χ0n) is 12.3. The van der Waals surface area contributed by atoms with Crippen molar-refractivity contribution < 1.29 is 9.90 Å². The van der Waals surface area contributed by atoms with E-state index < -0.39 is 5.97 Å². The molecule has 0 amide bonds. The molecule has 0 bridgehead atoms. The Morgan fingerprint density at radius 2 is 1.81 bits per heavy atom. The molecule has 1 unspecified atom stereocenters. The summed E-state index contributed by atoms with van der Waals surface area (Å²) in [5.74, 6) is 4.70. The van der Waals surface area contributed by atoms with Crippen molar-refractivity contribution >= 4 is 5.97 Å². The maximum Gasteiger partial charge on any atom is 0.304 e. The Labute approximate surface area is 125 Å². The van der Waals surface area contributed by atoms with Gasteiger partial charge in [0, 0.05) is 0 Å². The molecule has 1 atom stereocenters. The van der Waals surface area contributed by atoms with Crippen molar-refractivity contribution in [1.29, 1.82) is 0 Å². The third kappa shape index (κ3) is 3.73. The molecule has 2 heteroatoms. The molecule has 0 spiro atoms. The van der Waals surface area contributed by atoms with Crippen molar-refractivity contribution in [2.24, 2.45) is 0 Å². The Morgan fingerprint density at radius 1 is 1.14 bits per heavy atom. The Kier molecular flexibility index (Phi) is 4.79. The number of carboxylic acid groups (broad SMARTS) is 1. The smallest absolute Gasteiger partial charge is 0.304 e. The monoisotopic (exact) mass is 278 g/mol. The van der Waals surface area contributed by atoms with E-state index in [-0.39, 0.29) is 12.3 Å². The highest BCUT2D eigenvalue weighted by atomic mass is 16.4. The summed E-state index contributed by atoms with van der Waals surface area (Å²) in [6.07, 6.45) is 0.0323. The number of carboxylic acids is 1. The summed E-state index contributed by atoms with van der Waals surface area (Å²) < 4.78 is 0. The van der Waals surface area contributed by atoms with Crippen molar-refractivity contribution in [3.8, 4) is 23.0 Å². The highest BCUT2D eigenvalue weighted by Gasteiger charge is 2.13. The van der Waals surface area contributed by atoms with Crippen molar-refractivity contribution in [1.82, 2.24) is 0 Å². The number of aliphatic carboxylic acids is 1. The minimum Gasteiger partial charge on any atom is -0.481 e. The van der Waals surface area contributed by atoms with Crippen molar-refractivity contribution in [2.45, 2.75) is 26.2 Å². The van der Waals surface area contributed by atoms with E-state index in [1.807, 2.05) is 36.4 Å². The predicted octanol–water partition coefficient (Wildman–Crippen LogP) is 4.24. The fourth-order valence-electron chi connectivity index (χ4n) is 2.39. The zero-order chi connectivity index (χ0) is 15.2. The van der Waals surface area contributed by atoms with Crippen LogP contribution in [0.4, 0.5) is 0 Å². The molecular formula is C19H18O2. The normalized spacial score (nSPS) is 11.3. The molecule has 0 radical (unpaired) electrons. The summed E-state index contributed by atoms with van der Waals surface area (Å²) in [4.78, 5) is 10.9. The SMILES string of the molecule is CC#CC(CC(=O)O)c1ccc(-c2ccccc2C)cc1. The van der Waals surface area contributed by atoms with Gasteiger partial charge >= 0.3 is 5.97 Å². The van der Waals surface area contributed by atoms with E-state index in [4.69, 9.17) is 5.11 Å². The van der Waals surface area contributed by atoms with Crippen LogP contribution in [0.2, 0.25) is 0 Å². The van der Waals surface area contributed by atoms with Crippen molar-refractivity contribution in [3.05, 3.63) is 59.7 Å². The predicted molar refractivity (Wildman–Crippen MR) is 85.1 cm³/mol. The van der Waals surface area contributed by atoms with Gasteiger partial charge < -0.3 is 5.11 Å². The van der Waals surface area contributed by atoms with Crippen LogP contribution in [0.15, 0.2) is 48.5 Å². The van der Waals surface area contributed by atoms with Gasteiger partial charge in [0.2, 0.25) is 0 Å². The van der Waals surface area contributed by atoms with E-state index in [0.29, 0.717) is 0 Å². The Morgan fingerprint density at radius 3 is 2.38 bits per heavy atom. The largest absolute Gasteiger partial charge is 0.481 e. The first kappa shape index (κ1) is 14.9. The average Bonchev–Trinajstić information content (AvgIpc) is 2.47. The first-order valence-corrected chi connectivity index (χ1v) is 6.92. The maximum atomic E-state index is 10.9. The maximum absolute atomic E-state index is 10.9. The molecule has 2 nitrogen and oxygen atoms in total. The number of carbonyl (C=O) groups is 1. The van der Waals surface area contributed by atoms with E-state index >= 15 is 0 Å². The molecular weight excluding hydrogens is 260 g/mol. The summed E-state index contributed by atoms with van der Waals surface area (Å²) in [5.41, 5.74) is 4.50. The number of hydrogen-bond donors (Lipinski definition) is 1. The fraction of sp³-hybridized carbons (Fsp3) is 0.211. The van der Waals surface area contributed by atoms with Gasteiger partial charge in [0.15, 0.2) is 0 Å². The number of rotatable bonds is 4. The minimum absolute atomic E-state index is 0.0323. The number of hydrogen-bond acceptors (Lipinski definition) is 1. The minimum atomic E-state index is -0.828. The molecule has 21 heavy (non-hydrogen) atoms. The second-order valence-electron chi connectivity index (χ2n) is 4.98.